The second-order valence-corrected chi connectivity index (χ2v) is 7.17. The molecule has 5 nitrogen and oxygen atoms in total. The van der Waals surface area contributed by atoms with Gasteiger partial charge in [-0.25, -0.2) is 0 Å². The van der Waals surface area contributed by atoms with Crippen LogP contribution in [0.2, 0.25) is 0 Å². The Bertz CT molecular complexity index is 967. The van der Waals surface area contributed by atoms with Gasteiger partial charge >= 0.3 is 27.7 Å². The number of hydrogen-bond acceptors (Lipinski definition) is 4. The van der Waals surface area contributed by atoms with Gasteiger partial charge in [-0.15, -0.1) is 0 Å². The van der Waals surface area contributed by atoms with Gasteiger partial charge in [-0.1, -0.05) is 0 Å². The first-order valence-corrected chi connectivity index (χ1v) is 8.99. The summed E-state index contributed by atoms with van der Waals surface area (Å²) in [4.78, 5) is 0. The second kappa shape index (κ2) is 7.91. The lowest BCUT2D eigenvalue weighted by Gasteiger charge is -2.27. The Hall–Kier alpha value is -2.61. The van der Waals surface area contributed by atoms with Crippen LogP contribution in [0.4, 0.5) is 35.1 Å². The highest BCUT2D eigenvalue weighted by Gasteiger charge is 2.65. The Morgan fingerprint density at radius 2 is 1.13 bits per heavy atom. The third kappa shape index (κ3) is 5.50. The summed E-state index contributed by atoms with van der Waals surface area (Å²) in [6.45, 7) is 0. The minimum absolute atomic E-state index is 0.0669. The standard InChI is InChI=1S/C16H10F8O5S/c17-14(18,19)9-1-3-10(4-2-9)28-11-5-7-12(8-6-11)29-13(15(20,21)22)16(23,24)30(25,26)27/h1-8,13H,(H,25,26,27). The monoisotopic (exact) mass is 466 g/mol. The maximum atomic E-state index is 13.5. The summed E-state index contributed by atoms with van der Waals surface area (Å²) in [5.74, 6) is -1.02. The average molecular weight is 466 g/mol. The fourth-order valence-electron chi connectivity index (χ4n) is 2.03. The number of rotatable bonds is 6. The fraction of sp³-hybridized carbons (Fsp3) is 0.250. The average Bonchev–Trinajstić information content (AvgIpc) is 2.58. The molecule has 0 saturated carbocycles. The van der Waals surface area contributed by atoms with Crippen LogP contribution in [0.5, 0.6) is 17.2 Å². The van der Waals surface area contributed by atoms with E-state index in [1.807, 2.05) is 0 Å². The summed E-state index contributed by atoms with van der Waals surface area (Å²) in [6.07, 6.45) is -14.6. The summed E-state index contributed by atoms with van der Waals surface area (Å²) in [5.41, 5.74) is -0.948. The molecule has 0 spiro atoms. The van der Waals surface area contributed by atoms with Gasteiger partial charge in [-0.2, -0.15) is 43.5 Å². The van der Waals surface area contributed by atoms with E-state index in [9.17, 15) is 43.5 Å². The molecule has 0 heterocycles. The lowest BCUT2D eigenvalue weighted by molar-refractivity contribution is -0.239. The number of ether oxygens (including phenoxy) is 2. The van der Waals surface area contributed by atoms with Crippen molar-refractivity contribution in [3.63, 3.8) is 0 Å². The quantitative estimate of drug-likeness (QED) is 0.463. The van der Waals surface area contributed by atoms with Gasteiger partial charge < -0.3 is 9.47 Å². The Labute approximate surface area is 163 Å². The molecular weight excluding hydrogens is 456 g/mol. The molecule has 2 rings (SSSR count). The number of halogens is 8. The third-order valence-corrected chi connectivity index (χ3v) is 4.34. The lowest BCUT2D eigenvalue weighted by atomic mass is 10.2. The van der Waals surface area contributed by atoms with Crippen LogP contribution in [0.1, 0.15) is 5.56 Å². The first-order chi connectivity index (χ1) is 13.5. The van der Waals surface area contributed by atoms with E-state index in [0.29, 0.717) is 0 Å². The van der Waals surface area contributed by atoms with Crippen molar-refractivity contribution < 1.29 is 57.6 Å². The molecule has 0 amide bonds. The molecule has 0 radical (unpaired) electrons. The summed E-state index contributed by atoms with van der Waals surface area (Å²) in [5, 5.41) is -5.69. The van der Waals surface area contributed by atoms with Crippen LogP contribution in [0.3, 0.4) is 0 Å². The van der Waals surface area contributed by atoms with Crippen molar-refractivity contribution in [1.82, 2.24) is 0 Å². The molecule has 0 aliphatic carbocycles. The zero-order chi connectivity index (χ0) is 23.0. The fourth-order valence-corrected chi connectivity index (χ4v) is 2.48. The summed E-state index contributed by atoms with van der Waals surface area (Å²) >= 11 is 0. The van der Waals surface area contributed by atoms with Gasteiger partial charge in [0.05, 0.1) is 5.56 Å². The van der Waals surface area contributed by atoms with E-state index in [2.05, 4.69) is 4.74 Å². The van der Waals surface area contributed by atoms with E-state index in [1.54, 1.807) is 0 Å². The van der Waals surface area contributed by atoms with Gasteiger partial charge in [-0.3, -0.25) is 4.55 Å². The molecule has 0 bridgehead atoms. The minimum Gasteiger partial charge on any atom is -0.473 e. The molecule has 1 N–H and O–H groups in total. The number of hydrogen-bond donors (Lipinski definition) is 1. The summed E-state index contributed by atoms with van der Waals surface area (Å²) in [7, 11) is -6.45. The molecule has 166 valence electrons. The zero-order valence-corrected chi connectivity index (χ0v) is 15.0. The predicted octanol–water partition coefficient (Wildman–Crippen LogP) is 5.29. The Morgan fingerprint density at radius 1 is 0.733 bits per heavy atom. The van der Waals surface area contributed by atoms with Crippen LogP contribution in [-0.2, 0) is 16.3 Å². The molecule has 14 heteroatoms. The van der Waals surface area contributed by atoms with Crippen molar-refractivity contribution in [1.29, 1.82) is 0 Å². The van der Waals surface area contributed by atoms with Crippen LogP contribution >= 0.6 is 0 Å². The van der Waals surface area contributed by atoms with E-state index in [-0.39, 0.29) is 11.5 Å². The topological polar surface area (TPSA) is 72.8 Å². The molecule has 2 aromatic carbocycles. The summed E-state index contributed by atoms with van der Waals surface area (Å²) in [6, 6.07) is 6.70. The number of alkyl halides is 8. The van der Waals surface area contributed by atoms with Gasteiger partial charge in [0, 0.05) is 0 Å². The van der Waals surface area contributed by atoms with Gasteiger partial charge in [0.1, 0.15) is 17.2 Å². The van der Waals surface area contributed by atoms with Crippen molar-refractivity contribution in [3.05, 3.63) is 54.1 Å². The smallest absolute Gasteiger partial charge is 0.432 e. The molecule has 0 aliphatic heterocycles. The molecule has 1 unspecified atom stereocenters. The highest BCUT2D eigenvalue weighted by Crippen LogP contribution is 2.39. The highest BCUT2D eigenvalue weighted by atomic mass is 32.2. The van der Waals surface area contributed by atoms with Crippen molar-refractivity contribution in [2.24, 2.45) is 0 Å². The molecular formula is C16H10F8O5S. The van der Waals surface area contributed by atoms with Gasteiger partial charge in [0.25, 0.3) is 6.10 Å². The SMILES string of the molecule is O=S(=O)(O)C(F)(F)C(Oc1ccc(Oc2ccc(C(F)(F)F)cc2)cc1)C(F)(F)F. The van der Waals surface area contributed by atoms with Crippen molar-refractivity contribution in [2.45, 2.75) is 23.7 Å². The van der Waals surface area contributed by atoms with Crippen LogP contribution in [0.15, 0.2) is 48.5 Å². The number of benzene rings is 2. The second-order valence-electron chi connectivity index (χ2n) is 5.67. The van der Waals surface area contributed by atoms with Gasteiger partial charge in [-0.05, 0) is 48.5 Å². The summed E-state index contributed by atoms with van der Waals surface area (Å²) < 4.78 is 142. The van der Waals surface area contributed by atoms with E-state index >= 15 is 0 Å². The van der Waals surface area contributed by atoms with Crippen LogP contribution < -0.4 is 9.47 Å². The van der Waals surface area contributed by atoms with Gasteiger partial charge in [0.2, 0.25) is 0 Å². The lowest BCUT2D eigenvalue weighted by Crippen LogP contribution is -2.53. The normalized spacial score (nSPS) is 14.3. The Morgan fingerprint density at radius 3 is 1.50 bits per heavy atom. The van der Waals surface area contributed by atoms with Crippen LogP contribution in [0, 0.1) is 0 Å². The van der Waals surface area contributed by atoms with Gasteiger partial charge in [0.15, 0.2) is 0 Å². The largest absolute Gasteiger partial charge is 0.473 e. The zero-order valence-electron chi connectivity index (χ0n) is 14.2. The first-order valence-electron chi connectivity index (χ1n) is 7.55. The third-order valence-electron chi connectivity index (χ3n) is 3.44. The first kappa shape index (κ1) is 23.7. The molecule has 0 fully saturated rings. The molecule has 0 saturated heterocycles. The van der Waals surface area contributed by atoms with E-state index < -0.39 is 45.1 Å². The molecule has 0 aromatic heterocycles. The predicted molar refractivity (Wildman–Crippen MR) is 84.9 cm³/mol. The van der Waals surface area contributed by atoms with Crippen LogP contribution in [-0.4, -0.2) is 30.5 Å². The molecule has 2 aromatic rings. The van der Waals surface area contributed by atoms with Crippen molar-refractivity contribution in [2.75, 3.05) is 0 Å². The van der Waals surface area contributed by atoms with Crippen molar-refractivity contribution >= 4 is 10.1 Å². The Kier molecular flexibility index (Phi) is 6.24. The maximum Gasteiger partial charge on any atom is 0.432 e. The minimum atomic E-state index is -6.45. The maximum absolute atomic E-state index is 13.5. The highest BCUT2D eigenvalue weighted by molar-refractivity contribution is 7.86. The Balaban J connectivity index is 2.18. The molecule has 1 atom stereocenters. The van der Waals surface area contributed by atoms with E-state index in [1.165, 1.54) is 0 Å². The van der Waals surface area contributed by atoms with E-state index in [4.69, 9.17) is 9.29 Å². The van der Waals surface area contributed by atoms with E-state index in [0.717, 1.165) is 48.5 Å². The van der Waals surface area contributed by atoms with Crippen molar-refractivity contribution in [3.8, 4) is 17.2 Å². The van der Waals surface area contributed by atoms with Crippen LogP contribution in [0.25, 0.3) is 0 Å². The molecule has 30 heavy (non-hydrogen) atoms. The molecule has 0 aliphatic rings.